The van der Waals surface area contributed by atoms with Crippen molar-refractivity contribution in [3.8, 4) is 5.69 Å². The second-order valence-corrected chi connectivity index (χ2v) is 4.81. The molecule has 1 N–H and O–H groups in total. The lowest BCUT2D eigenvalue weighted by Crippen LogP contribution is -2.33. The van der Waals surface area contributed by atoms with Crippen LogP contribution >= 0.6 is 11.3 Å². The molecule has 72 valence electrons. The molecular weight excluding hydrogens is 194 g/mol. The Morgan fingerprint density at radius 3 is 3.14 bits per heavy atom. The molecule has 3 rings (SSSR count). The minimum atomic E-state index is -0.0371. The second-order valence-electron chi connectivity index (χ2n) is 4.07. The highest BCUT2D eigenvalue weighted by molar-refractivity contribution is 7.08. The standard InChI is InChI=1S/C10H11N3S/c1-10(2)9-3-11-6-13(9)8-5-14-4-7(8)12-10/h3-6,12H,1-2H3. The summed E-state index contributed by atoms with van der Waals surface area (Å²) in [5, 5.41) is 7.79. The van der Waals surface area contributed by atoms with Crippen LogP contribution < -0.4 is 5.32 Å². The fraction of sp³-hybridized carbons (Fsp3) is 0.300. The average molecular weight is 205 g/mol. The Morgan fingerprint density at radius 2 is 2.29 bits per heavy atom. The lowest BCUT2D eigenvalue weighted by Gasteiger charge is -2.33. The van der Waals surface area contributed by atoms with Gasteiger partial charge < -0.3 is 5.32 Å². The highest BCUT2D eigenvalue weighted by Gasteiger charge is 2.30. The van der Waals surface area contributed by atoms with Crippen molar-refractivity contribution in [3.05, 3.63) is 29.0 Å². The minimum Gasteiger partial charge on any atom is -0.372 e. The van der Waals surface area contributed by atoms with Crippen molar-refractivity contribution in [1.29, 1.82) is 0 Å². The predicted molar refractivity (Wildman–Crippen MR) is 58.1 cm³/mol. The molecule has 1 aliphatic heterocycles. The molecule has 0 unspecified atom stereocenters. The molecular formula is C10H11N3S. The number of nitrogens with zero attached hydrogens (tertiary/aromatic N) is 2. The maximum Gasteiger partial charge on any atom is 0.0996 e. The summed E-state index contributed by atoms with van der Waals surface area (Å²) in [5.74, 6) is 0. The van der Waals surface area contributed by atoms with Crippen LogP contribution in [-0.4, -0.2) is 9.55 Å². The van der Waals surface area contributed by atoms with Crippen LogP contribution in [0.15, 0.2) is 23.3 Å². The molecule has 0 radical (unpaired) electrons. The Bertz CT molecular complexity index is 481. The van der Waals surface area contributed by atoms with E-state index in [1.54, 1.807) is 11.3 Å². The largest absolute Gasteiger partial charge is 0.372 e. The molecule has 3 nitrogen and oxygen atoms in total. The number of rotatable bonds is 0. The van der Waals surface area contributed by atoms with Gasteiger partial charge in [0.15, 0.2) is 0 Å². The average Bonchev–Trinajstić information content (AvgIpc) is 2.66. The smallest absolute Gasteiger partial charge is 0.0996 e. The van der Waals surface area contributed by atoms with Crippen LogP contribution in [0.3, 0.4) is 0 Å². The van der Waals surface area contributed by atoms with Crippen LogP contribution in [0.5, 0.6) is 0 Å². The van der Waals surface area contributed by atoms with Crippen LogP contribution in [0, 0.1) is 0 Å². The first kappa shape index (κ1) is 8.05. The maximum absolute atomic E-state index is 4.21. The van der Waals surface area contributed by atoms with E-state index in [4.69, 9.17) is 0 Å². The summed E-state index contributed by atoms with van der Waals surface area (Å²) in [5.41, 5.74) is 3.58. The van der Waals surface area contributed by atoms with E-state index in [9.17, 15) is 0 Å². The molecule has 3 heterocycles. The summed E-state index contributed by atoms with van der Waals surface area (Å²) in [7, 11) is 0. The summed E-state index contributed by atoms with van der Waals surface area (Å²) in [6.45, 7) is 4.34. The topological polar surface area (TPSA) is 29.9 Å². The number of imidazole rings is 1. The first-order valence-electron chi connectivity index (χ1n) is 4.56. The number of hydrogen-bond donors (Lipinski definition) is 1. The minimum absolute atomic E-state index is 0.0371. The lowest BCUT2D eigenvalue weighted by atomic mass is 9.98. The summed E-state index contributed by atoms with van der Waals surface area (Å²) in [4.78, 5) is 4.21. The Balaban J connectivity index is 2.32. The molecule has 0 atom stereocenters. The van der Waals surface area contributed by atoms with Crippen molar-refractivity contribution < 1.29 is 0 Å². The quantitative estimate of drug-likeness (QED) is 0.716. The van der Waals surface area contributed by atoms with Gasteiger partial charge in [-0.15, -0.1) is 11.3 Å². The normalized spacial score (nSPS) is 17.0. The number of thiophene rings is 1. The summed E-state index contributed by atoms with van der Waals surface area (Å²) >= 11 is 1.71. The summed E-state index contributed by atoms with van der Waals surface area (Å²) < 4.78 is 2.16. The van der Waals surface area contributed by atoms with Gasteiger partial charge in [0.2, 0.25) is 0 Å². The van der Waals surface area contributed by atoms with Crippen molar-refractivity contribution in [2.45, 2.75) is 19.4 Å². The van der Waals surface area contributed by atoms with E-state index >= 15 is 0 Å². The van der Waals surface area contributed by atoms with Crippen LogP contribution in [0.4, 0.5) is 5.69 Å². The van der Waals surface area contributed by atoms with Gasteiger partial charge in [0.25, 0.3) is 0 Å². The Hall–Kier alpha value is -1.29. The van der Waals surface area contributed by atoms with Crippen molar-refractivity contribution in [1.82, 2.24) is 9.55 Å². The number of aromatic nitrogens is 2. The van der Waals surface area contributed by atoms with E-state index in [1.165, 1.54) is 17.1 Å². The molecule has 0 saturated heterocycles. The van der Waals surface area contributed by atoms with E-state index in [1.807, 2.05) is 12.5 Å². The Morgan fingerprint density at radius 1 is 1.43 bits per heavy atom. The second kappa shape index (κ2) is 2.39. The molecule has 0 aliphatic carbocycles. The van der Waals surface area contributed by atoms with Crippen LogP contribution in [0.2, 0.25) is 0 Å². The van der Waals surface area contributed by atoms with Crippen LogP contribution in [0.1, 0.15) is 19.5 Å². The van der Waals surface area contributed by atoms with E-state index in [-0.39, 0.29) is 5.54 Å². The summed E-state index contributed by atoms with van der Waals surface area (Å²) in [6.07, 6.45) is 3.80. The van der Waals surface area contributed by atoms with Gasteiger partial charge in [-0.05, 0) is 13.8 Å². The number of hydrogen-bond acceptors (Lipinski definition) is 3. The molecule has 0 spiro atoms. The van der Waals surface area contributed by atoms with Crippen LogP contribution in [-0.2, 0) is 5.54 Å². The Kier molecular flexibility index (Phi) is 1.37. The first-order valence-corrected chi connectivity index (χ1v) is 5.50. The highest BCUT2D eigenvalue weighted by Crippen LogP contribution is 2.38. The van der Waals surface area contributed by atoms with Crippen molar-refractivity contribution >= 4 is 17.0 Å². The molecule has 0 saturated carbocycles. The van der Waals surface area contributed by atoms with Gasteiger partial charge in [-0.25, -0.2) is 4.98 Å². The molecule has 2 aromatic heterocycles. The Labute approximate surface area is 86.4 Å². The zero-order valence-electron chi connectivity index (χ0n) is 8.11. The third-order valence-electron chi connectivity index (χ3n) is 2.63. The molecule has 14 heavy (non-hydrogen) atoms. The van der Waals surface area contributed by atoms with E-state index in [0.29, 0.717) is 0 Å². The van der Waals surface area contributed by atoms with Gasteiger partial charge >= 0.3 is 0 Å². The summed E-state index contributed by atoms with van der Waals surface area (Å²) in [6, 6.07) is 0. The predicted octanol–water partition coefficient (Wildman–Crippen LogP) is 2.59. The van der Waals surface area contributed by atoms with E-state index < -0.39 is 0 Å². The van der Waals surface area contributed by atoms with Crippen molar-refractivity contribution in [2.24, 2.45) is 0 Å². The van der Waals surface area contributed by atoms with Gasteiger partial charge in [0.05, 0.1) is 35.1 Å². The molecule has 4 heteroatoms. The number of nitrogens with one attached hydrogen (secondary N) is 1. The third kappa shape index (κ3) is 0.889. The zero-order valence-corrected chi connectivity index (χ0v) is 8.93. The van der Waals surface area contributed by atoms with E-state index in [2.05, 4.69) is 39.5 Å². The highest BCUT2D eigenvalue weighted by atomic mass is 32.1. The lowest BCUT2D eigenvalue weighted by molar-refractivity contribution is 0.561. The molecule has 0 fully saturated rings. The third-order valence-corrected chi connectivity index (χ3v) is 3.36. The number of fused-ring (bicyclic) bond motifs is 3. The molecule has 0 bridgehead atoms. The van der Waals surface area contributed by atoms with Gasteiger partial charge in [-0.3, -0.25) is 4.57 Å². The first-order chi connectivity index (χ1) is 6.68. The van der Waals surface area contributed by atoms with Crippen LogP contribution in [0.25, 0.3) is 5.69 Å². The SMILES string of the molecule is CC1(C)Nc2cscc2-n2cncc21. The zero-order chi connectivity index (χ0) is 9.76. The monoisotopic (exact) mass is 205 g/mol. The van der Waals surface area contributed by atoms with Gasteiger partial charge in [0.1, 0.15) is 0 Å². The fourth-order valence-corrected chi connectivity index (χ4v) is 2.67. The van der Waals surface area contributed by atoms with Gasteiger partial charge in [0, 0.05) is 10.8 Å². The van der Waals surface area contributed by atoms with Gasteiger partial charge in [-0.2, -0.15) is 0 Å². The van der Waals surface area contributed by atoms with Crippen molar-refractivity contribution in [3.63, 3.8) is 0 Å². The molecule has 0 aromatic carbocycles. The van der Waals surface area contributed by atoms with Crippen molar-refractivity contribution in [2.75, 3.05) is 5.32 Å². The molecule has 1 aliphatic rings. The maximum atomic E-state index is 4.21. The van der Waals surface area contributed by atoms with Gasteiger partial charge in [-0.1, -0.05) is 0 Å². The number of anilines is 1. The molecule has 2 aromatic rings. The fourth-order valence-electron chi connectivity index (χ4n) is 1.92. The molecule has 0 amide bonds. The van der Waals surface area contributed by atoms with E-state index in [0.717, 1.165) is 0 Å².